The minimum absolute atomic E-state index is 0.634. The van der Waals surface area contributed by atoms with Gasteiger partial charge in [0.2, 0.25) is 0 Å². The smallest absolute Gasteiger partial charge is 0.164 e. The zero-order valence-corrected chi connectivity index (χ0v) is 32.4. The second kappa shape index (κ2) is 13.8. The Balaban J connectivity index is 0.998. The molecule has 5 nitrogen and oxygen atoms in total. The van der Waals surface area contributed by atoms with Crippen LogP contribution in [0.15, 0.2) is 212 Å². The average Bonchev–Trinajstić information content (AvgIpc) is 3.84. The Bertz CT molecular complexity index is 3520. The van der Waals surface area contributed by atoms with Crippen LogP contribution in [0.2, 0.25) is 0 Å². The van der Waals surface area contributed by atoms with Crippen LogP contribution < -0.4 is 0 Å². The first-order chi connectivity index (χ1) is 29.7. The van der Waals surface area contributed by atoms with Crippen LogP contribution in [0, 0.1) is 0 Å². The topological polar surface area (TPSA) is 48.5 Å². The molecule has 280 valence electrons. The summed E-state index contributed by atoms with van der Waals surface area (Å²) >= 11 is 0. The van der Waals surface area contributed by atoms with E-state index in [0.717, 1.165) is 39.0 Å². The molecule has 0 N–H and O–H groups in total. The molecule has 60 heavy (non-hydrogen) atoms. The molecule has 3 heterocycles. The molecular formula is C55H35N5. The van der Waals surface area contributed by atoms with E-state index in [4.69, 9.17) is 15.0 Å². The molecular weight excluding hydrogens is 731 g/mol. The lowest BCUT2D eigenvalue weighted by Crippen LogP contribution is -2.00. The Hall–Kier alpha value is -8.15. The summed E-state index contributed by atoms with van der Waals surface area (Å²) in [6.07, 6.45) is 0. The van der Waals surface area contributed by atoms with Crippen molar-refractivity contribution in [3.05, 3.63) is 212 Å². The second-order valence-corrected chi connectivity index (χ2v) is 15.3. The molecule has 0 fully saturated rings. The molecule has 0 spiro atoms. The molecule has 0 aliphatic carbocycles. The molecule has 5 heteroatoms. The third-order valence-electron chi connectivity index (χ3n) is 11.8. The van der Waals surface area contributed by atoms with E-state index in [9.17, 15) is 0 Å². The number of aromatic nitrogens is 5. The van der Waals surface area contributed by atoms with Gasteiger partial charge in [-0.25, -0.2) is 15.0 Å². The predicted octanol–water partition coefficient (Wildman–Crippen LogP) is 13.9. The molecule has 0 radical (unpaired) electrons. The highest BCUT2D eigenvalue weighted by atomic mass is 15.0. The van der Waals surface area contributed by atoms with Gasteiger partial charge in [0.25, 0.3) is 0 Å². The summed E-state index contributed by atoms with van der Waals surface area (Å²) in [7, 11) is 0. The summed E-state index contributed by atoms with van der Waals surface area (Å²) in [5, 5.41) is 7.37. The van der Waals surface area contributed by atoms with Crippen molar-refractivity contribution in [2.75, 3.05) is 0 Å². The summed E-state index contributed by atoms with van der Waals surface area (Å²) in [5.41, 5.74) is 12.1. The normalized spacial score (nSPS) is 11.7. The van der Waals surface area contributed by atoms with E-state index in [1.54, 1.807) is 0 Å². The molecule has 0 amide bonds. The lowest BCUT2D eigenvalue weighted by atomic mass is 10.0. The number of para-hydroxylation sites is 2. The van der Waals surface area contributed by atoms with Crippen LogP contribution in [0.4, 0.5) is 0 Å². The molecule has 3 aromatic heterocycles. The van der Waals surface area contributed by atoms with Crippen molar-refractivity contribution in [1.82, 2.24) is 24.1 Å². The van der Waals surface area contributed by atoms with Crippen molar-refractivity contribution < 1.29 is 0 Å². The third-order valence-corrected chi connectivity index (χ3v) is 11.8. The first kappa shape index (κ1) is 33.9. The van der Waals surface area contributed by atoms with Gasteiger partial charge in [0.15, 0.2) is 17.5 Å². The van der Waals surface area contributed by atoms with Crippen molar-refractivity contribution in [1.29, 1.82) is 0 Å². The Morgan fingerprint density at radius 3 is 1.27 bits per heavy atom. The Labute approximate surface area is 346 Å². The van der Waals surface area contributed by atoms with Crippen LogP contribution in [-0.4, -0.2) is 24.1 Å². The number of hydrogen-bond acceptors (Lipinski definition) is 3. The van der Waals surface area contributed by atoms with Crippen molar-refractivity contribution in [3.63, 3.8) is 0 Å². The molecule has 0 aliphatic rings. The second-order valence-electron chi connectivity index (χ2n) is 15.3. The van der Waals surface area contributed by atoms with Gasteiger partial charge in [0.1, 0.15) is 0 Å². The van der Waals surface area contributed by atoms with E-state index in [2.05, 4.69) is 161 Å². The van der Waals surface area contributed by atoms with Crippen molar-refractivity contribution in [2.24, 2.45) is 0 Å². The highest BCUT2D eigenvalue weighted by Gasteiger charge is 2.18. The van der Waals surface area contributed by atoms with E-state index in [0.29, 0.717) is 17.5 Å². The lowest BCUT2D eigenvalue weighted by Gasteiger charge is -2.13. The van der Waals surface area contributed by atoms with E-state index in [-0.39, 0.29) is 0 Å². The number of benzene rings is 9. The minimum atomic E-state index is 0.634. The number of fused-ring (bicyclic) bond motifs is 7. The van der Waals surface area contributed by atoms with Gasteiger partial charge < -0.3 is 9.13 Å². The van der Waals surface area contributed by atoms with E-state index in [1.165, 1.54) is 54.6 Å². The van der Waals surface area contributed by atoms with Crippen LogP contribution >= 0.6 is 0 Å². The molecule has 0 atom stereocenters. The van der Waals surface area contributed by atoms with Crippen molar-refractivity contribution in [3.8, 4) is 56.7 Å². The molecule has 12 rings (SSSR count). The van der Waals surface area contributed by atoms with Gasteiger partial charge in [-0.1, -0.05) is 158 Å². The quantitative estimate of drug-likeness (QED) is 0.169. The number of hydrogen-bond donors (Lipinski definition) is 0. The highest BCUT2D eigenvalue weighted by Crippen LogP contribution is 2.39. The fourth-order valence-electron chi connectivity index (χ4n) is 8.94. The SMILES string of the molecule is c1ccc(-c2nc(-c3ccccc3)nc(-c3ccc(-n4c5ccccc5c5ccc(-c6ccc7c8ccccc8n(-c8cccc9ccccc89)c7c6)cc54)cc3)n2)cc1. The van der Waals surface area contributed by atoms with Crippen LogP contribution in [0.1, 0.15) is 0 Å². The zero-order chi connectivity index (χ0) is 39.6. The predicted molar refractivity (Wildman–Crippen MR) is 248 cm³/mol. The highest BCUT2D eigenvalue weighted by molar-refractivity contribution is 6.13. The van der Waals surface area contributed by atoms with Gasteiger partial charge in [0.05, 0.1) is 27.8 Å². The van der Waals surface area contributed by atoms with Crippen molar-refractivity contribution >= 4 is 54.4 Å². The zero-order valence-electron chi connectivity index (χ0n) is 32.4. The summed E-state index contributed by atoms with van der Waals surface area (Å²) in [4.78, 5) is 14.9. The largest absolute Gasteiger partial charge is 0.309 e. The van der Waals surface area contributed by atoms with Crippen LogP contribution in [0.5, 0.6) is 0 Å². The van der Waals surface area contributed by atoms with Gasteiger partial charge in [-0.3, -0.25) is 0 Å². The van der Waals surface area contributed by atoms with Gasteiger partial charge in [-0.05, 0) is 71.1 Å². The average molecular weight is 766 g/mol. The standard InChI is InChI=1S/C55H35N5/c1-3-15-37(16-4-1)53-56-54(38-17-5-2-6-18-38)58-55(57-53)39-26-30-42(31-27-39)59-49-23-11-9-21-44(49)46-32-28-40(34-51(46)59)41-29-33-47-45-22-10-12-24-50(45)60(52(47)35-41)48-25-13-19-36-14-7-8-20-43(36)48/h1-35H. The van der Waals surface area contributed by atoms with E-state index < -0.39 is 0 Å². The molecule has 12 aromatic rings. The fraction of sp³-hybridized carbons (Fsp3) is 0. The number of rotatable bonds is 6. The summed E-state index contributed by atoms with van der Waals surface area (Å²) in [5.74, 6) is 1.93. The Kier molecular flexibility index (Phi) is 7.78. The maximum Gasteiger partial charge on any atom is 0.164 e. The molecule has 0 saturated carbocycles. The van der Waals surface area contributed by atoms with Crippen molar-refractivity contribution in [2.45, 2.75) is 0 Å². The van der Waals surface area contributed by atoms with Gasteiger partial charge in [-0.15, -0.1) is 0 Å². The first-order valence-electron chi connectivity index (χ1n) is 20.3. The number of nitrogens with zero attached hydrogens (tertiary/aromatic N) is 5. The summed E-state index contributed by atoms with van der Waals surface area (Å²) in [6, 6.07) is 75.3. The third kappa shape index (κ3) is 5.52. The summed E-state index contributed by atoms with van der Waals surface area (Å²) in [6.45, 7) is 0. The Morgan fingerprint density at radius 2 is 0.683 bits per heavy atom. The maximum absolute atomic E-state index is 4.98. The molecule has 9 aromatic carbocycles. The first-order valence-corrected chi connectivity index (χ1v) is 20.3. The molecule has 0 saturated heterocycles. The van der Waals surface area contributed by atoms with Crippen LogP contribution in [-0.2, 0) is 0 Å². The lowest BCUT2D eigenvalue weighted by molar-refractivity contribution is 1.07. The minimum Gasteiger partial charge on any atom is -0.309 e. The monoisotopic (exact) mass is 765 g/mol. The summed E-state index contributed by atoms with van der Waals surface area (Å²) < 4.78 is 4.81. The van der Waals surface area contributed by atoms with Gasteiger partial charge in [-0.2, -0.15) is 0 Å². The Morgan fingerprint density at radius 1 is 0.267 bits per heavy atom. The van der Waals surface area contributed by atoms with Gasteiger partial charge in [0, 0.05) is 49.3 Å². The molecule has 0 unspecified atom stereocenters. The van der Waals surface area contributed by atoms with E-state index >= 15 is 0 Å². The van der Waals surface area contributed by atoms with E-state index in [1.807, 2.05) is 60.7 Å². The molecule has 0 aliphatic heterocycles. The fourth-order valence-corrected chi connectivity index (χ4v) is 8.94. The van der Waals surface area contributed by atoms with Crippen LogP contribution in [0.3, 0.4) is 0 Å². The molecule has 0 bridgehead atoms. The maximum atomic E-state index is 4.98. The van der Waals surface area contributed by atoms with Crippen LogP contribution in [0.25, 0.3) is 111 Å². The van der Waals surface area contributed by atoms with Gasteiger partial charge >= 0.3 is 0 Å².